The quantitative estimate of drug-likeness (QED) is 0.781. The van der Waals surface area contributed by atoms with Gasteiger partial charge in [0.25, 0.3) is 0 Å². The number of hydrogen-bond acceptors (Lipinski definition) is 3. The van der Waals surface area contributed by atoms with Gasteiger partial charge < -0.3 is 14.8 Å². The lowest BCUT2D eigenvalue weighted by atomic mass is 10.0. The van der Waals surface area contributed by atoms with Crippen molar-refractivity contribution in [2.45, 2.75) is 58.5 Å². The van der Waals surface area contributed by atoms with Crippen molar-refractivity contribution in [1.29, 1.82) is 0 Å². The van der Waals surface area contributed by atoms with Crippen LogP contribution in [0, 0.1) is 0 Å². The van der Waals surface area contributed by atoms with Crippen molar-refractivity contribution in [2.75, 3.05) is 13.2 Å². The molecule has 1 N–H and O–H groups in total. The molecule has 1 aliphatic rings. The summed E-state index contributed by atoms with van der Waals surface area (Å²) in [6.07, 6.45) is 6.29. The molecule has 0 spiro atoms. The van der Waals surface area contributed by atoms with Gasteiger partial charge in [0.15, 0.2) is 11.5 Å². The van der Waals surface area contributed by atoms with E-state index in [4.69, 9.17) is 9.47 Å². The van der Waals surface area contributed by atoms with Gasteiger partial charge in [0, 0.05) is 18.2 Å². The Hall–Kier alpha value is -1.22. The lowest BCUT2D eigenvalue weighted by molar-refractivity contribution is 0.169. The van der Waals surface area contributed by atoms with Crippen LogP contribution in [-0.2, 0) is 6.54 Å². The second-order valence-electron chi connectivity index (χ2n) is 5.45. The molecule has 1 aliphatic heterocycles. The van der Waals surface area contributed by atoms with Crippen molar-refractivity contribution < 1.29 is 9.47 Å². The van der Waals surface area contributed by atoms with Gasteiger partial charge in [0.2, 0.25) is 0 Å². The van der Waals surface area contributed by atoms with Gasteiger partial charge in [-0.15, -0.1) is 0 Å². The summed E-state index contributed by atoms with van der Waals surface area (Å²) < 4.78 is 11.4. The number of unbranched alkanes of at least 4 members (excludes halogenated alkanes) is 1. The van der Waals surface area contributed by atoms with Crippen LogP contribution in [0.5, 0.6) is 11.5 Å². The van der Waals surface area contributed by atoms with Crippen LogP contribution in [-0.4, -0.2) is 19.3 Å². The average Bonchev–Trinajstić information content (AvgIpc) is 2.50. The first-order chi connectivity index (χ1) is 9.85. The monoisotopic (exact) mass is 277 g/mol. The third kappa shape index (κ3) is 4.14. The summed E-state index contributed by atoms with van der Waals surface area (Å²) in [5.74, 6) is 1.81. The third-order valence-corrected chi connectivity index (χ3v) is 3.77. The van der Waals surface area contributed by atoms with Crippen molar-refractivity contribution in [3.8, 4) is 11.5 Å². The fourth-order valence-corrected chi connectivity index (χ4v) is 2.68. The Morgan fingerprint density at radius 1 is 1.10 bits per heavy atom. The van der Waals surface area contributed by atoms with Crippen LogP contribution in [0.4, 0.5) is 0 Å². The van der Waals surface area contributed by atoms with Crippen LogP contribution in [0.25, 0.3) is 0 Å². The van der Waals surface area contributed by atoms with Crippen LogP contribution in [0.3, 0.4) is 0 Å². The Morgan fingerprint density at radius 2 is 1.95 bits per heavy atom. The molecule has 1 heterocycles. The zero-order valence-electron chi connectivity index (χ0n) is 12.8. The Kier molecular flexibility index (Phi) is 6.19. The van der Waals surface area contributed by atoms with E-state index in [1.54, 1.807) is 0 Å². The molecule has 112 valence electrons. The van der Waals surface area contributed by atoms with Gasteiger partial charge in [0.05, 0.1) is 0 Å². The number of ether oxygens (including phenoxy) is 2. The Balaban J connectivity index is 1.95. The Morgan fingerprint density at radius 3 is 2.75 bits per heavy atom. The zero-order valence-corrected chi connectivity index (χ0v) is 12.8. The predicted molar refractivity (Wildman–Crippen MR) is 82.5 cm³/mol. The van der Waals surface area contributed by atoms with E-state index in [1.807, 2.05) is 12.1 Å². The van der Waals surface area contributed by atoms with E-state index in [1.165, 1.54) is 37.7 Å². The lowest BCUT2D eigenvalue weighted by Crippen LogP contribution is -2.29. The van der Waals surface area contributed by atoms with Gasteiger partial charge in [-0.25, -0.2) is 0 Å². The van der Waals surface area contributed by atoms with E-state index in [2.05, 4.69) is 25.2 Å². The molecule has 20 heavy (non-hydrogen) atoms. The van der Waals surface area contributed by atoms with Crippen LogP contribution >= 0.6 is 0 Å². The molecule has 0 amide bonds. The molecule has 1 aromatic rings. The SMILES string of the molecule is CCCCC(CCC)NCc1cccc2c1OCCO2. The topological polar surface area (TPSA) is 30.5 Å². The second-order valence-corrected chi connectivity index (χ2v) is 5.45. The average molecular weight is 277 g/mol. The molecule has 1 atom stereocenters. The molecule has 3 nitrogen and oxygen atoms in total. The summed E-state index contributed by atoms with van der Waals surface area (Å²) in [6.45, 7) is 6.67. The van der Waals surface area contributed by atoms with Crippen molar-refractivity contribution in [2.24, 2.45) is 0 Å². The highest BCUT2D eigenvalue weighted by Gasteiger charge is 2.16. The summed E-state index contributed by atoms with van der Waals surface area (Å²) in [5, 5.41) is 3.69. The van der Waals surface area contributed by atoms with E-state index in [9.17, 15) is 0 Å². The molecule has 0 radical (unpaired) electrons. The normalized spacial score (nSPS) is 15.1. The smallest absolute Gasteiger partial charge is 0.165 e. The molecule has 3 heteroatoms. The van der Waals surface area contributed by atoms with Crippen LogP contribution in [0.2, 0.25) is 0 Å². The molecule has 0 aliphatic carbocycles. The van der Waals surface area contributed by atoms with Gasteiger partial charge in [-0.3, -0.25) is 0 Å². The summed E-state index contributed by atoms with van der Waals surface area (Å²) in [7, 11) is 0. The van der Waals surface area contributed by atoms with Gasteiger partial charge in [-0.2, -0.15) is 0 Å². The molecule has 1 aromatic carbocycles. The first kappa shape index (κ1) is 15.2. The van der Waals surface area contributed by atoms with Crippen LogP contribution in [0.15, 0.2) is 18.2 Å². The largest absolute Gasteiger partial charge is 0.486 e. The van der Waals surface area contributed by atoms with Gasteiger partial charge in [0.1, 0.15) is 13.2 Å². The molecule has 1 unspecified atom stereocenters. The van der Waals surface area contributed by atoms with E-state index < -0.39 is 0 Å². The van der Waals surface area contributed by atoms with Gasteiger partial charge >= 0.3 is 0 Å². The minimum absolute atomic E-state index is 0.611. The van der Waals surface area contributed by atoms with E-state index in [0.29, 0.717) is 19.3 Å². The maximum Gasteiger partial charge on any atom is 0.165 e. The molecule has 0 aromatic heterocycles. The summed E-state index contributed by atoms with van der Waals surface area (Å²) in [5.41, 5.74) is 1.21. The summed E-state index contributed by atoms with van der Waals surface area (Å²) in [4.78, 5) is 0. The van der Waals surface area contributed by atoms with Gasteiger partial charge in [-0.1, -0.05) is 45.2 Å². The Labute approximate surface area is 122 Å². The van der Waals surface area contributed by atoms with E-state index >= 15 is 0 Å². The number of hydrogen-bond donors (Lipinski definition) is 1. The number of fused-ring (bicyclic) bond motifs is 1. The molecule has 0 bridgehead atoms. The highest BCUT2D eigenvalue weighted by molar-refractivity contribution is 5.47. The molecule has 2 rings (SSSR count). The van der Waals surface area contributed by atoms with Crippen molar-refractivity contribution >= 4 is 0 Å². The first-order valence-electron chi connectivity index (χ1n) is 7.96. The number of para-hydroxylation sites is 1. The number of benzene rings is 1. The summed E-state index contributed by atoms with van der Waals surface area (Å²) >= 11 is 0. The zero-order chi connectivity index (χ0) is 14.2. The first-order valence-corrected chi connectivity index (χ1v) is 7.96. The van der Waals surface area contributed by atoms with Crippen LogP contribution < -0.4 is 14.8 Å². The Bertz CT molecular complexity index is 406. The van der Waals surface area contributed by atoms with Crippen molar-refractivity contribution in [3.63, 3.8) is 0 Å². The molecular formula is C17H27NO2. The fraction of sp³-hybridized carbons (Fsp3) is 0.647. The van der Waals surface area contributed by atoms with Crippen LogP contribution in [0.1, 0.15) is 51.5 Å². The maximum absolute atomic E-state index is 5.76. The molecule has 0 saturated heterocycles. The lowest BCUT2D eigenvalue weighted by Gasteiger charge is -2.23. The molecule has 0 fully saturated rings. The highest BCUT2D eigenvalue weighted by Crippen LogP contribution is 2.33. The predicted octanol–water partition coefficient (Wildman–Crippen LogP) is 3.91. The summed E-state index contributed by atoms with van der Waals surface area (Å²) in [6, 6.07) is 6.77. The van der Waals surface area contributed by atoms with E-state index in [0.717, 1.165) is 18.0 Å². The standard InChI is InChI=1S/C17H27NO2/c1-3-5-9-15(7-4-2)18-13-14-8-6-10-16-17(14)20-12-11-19-16/h6,8,10,15,18H,3-5,7,9,11-13H2,1-2H3. The van der Waals surface area contributed by atoms with Gasteiger partial charge in [-0.05, 0) is 18.9 Å². The minimum Gasteiger partial charge on any atom is -0.486 e. The minimum atomic E-state index is 0.611. The fourth-order valence-electron chi connectivity index (χ4n) is 2.68. The maximum atomic E-state index is 5.76. The number of nitrogens with one attached hydrogen (secondary N) is 1. The molecular weight excluding hydrogens is 250 g/mol. The number of rotatable bonds is 8. The highest BCUT2D eigenvalue weighted by atomic mass is 16.6. The second kappa shape index (κ2) is 8.15. The third-order valence-electron chi connectivity index (χ3n) is 3.77. The van der Waals surface area contributed by atoms with Crippen molar-refractivity contribution in [3.05, 3.63) is 23.8 Å². The van der Waals surface area contributed by atoms with E-state index in [-0.39, 0.29) is 0 Å². The van der Waals surface area contributed by atoms with Crippen molar-refractivity contribution in [1.82, 2.24) is 5.32 Å². The molecule has 0 saturated carbocycles.